The molecule has 0 aliphatic rings. The lowest BCUT2D eigenvalue weighted by atomic mass is 10.1. The Balaban J connectivity index is 1.79. The van der Waals surface area contributed by atoms with Crippen molar-refractivity contribution in [3.63, 3.8) is 0 Å². The number of hydrogen-bond acceptors (Lipinski definition) is 4. The quantitative estimate of drug-likeness (QED) is 0.513. The highest BCUT2D eigenvalue weighted by Crippen LogP contribution is 2.24. The highest BCUT2D eigenvalue weighted by Gasteiger charge is 2.14. The maximum Gasteiger partial charge on any atom is 0.338 e. The highest BCUT2D eigenvalue weighted by atomic mass is 16.5. The normalized spacial score (nSPS) is 11.8. The van der Waals surface area contributed by atoms with Crippen LogP contribution in [-0.4, -0.2) is 11.9 Å². The third-order valence-electron chi connectivity index (χ3n) is 3.86. The summed E-state index contributed by atoms with van der Waals surface area (Å²) >= 11 is 0. The van der Waals surface area contributed by atoms with E-state index in [4.69, 9.17) is 9.47 Å². The van der Waals surface area contributed by atoms with Crippen molar-refractivity contribution in [2.45, 2.75) is 20.0 Å². The minimum absolute atomic E-state index is 0.323. The van der Waals surface area contributed by atoms with Crippen molar-refractivity contribution in [2.24, 2.45) is 0 Å². The molecule has 0 spiro atoms. The Morgan fingerprint density at radius 3 is 2.28 bits per heavy atom. The smallest absolute Gasteiger partial charge is 0.338 e. The molecule has 0 aliphatic heterocycles. The molecule has 0 aromatic heterocycles. The third kappa shape index (κ3) is 4.04. The molecule has 25 heavy (non-hydrogen) atoms. The lowest BCUT2D eigenvalue weighted by molar-refractivity contribution is -0.131. The molecule has 0 fully saturated rings. The molecule has 0 saturated carbocycles. The predicted molar refractivity (Wildman–Crippen MR) is 95.5 cm³/mol. The van der Waals surface area contributed by atoms with Crippen LogP contribution in [0.3, 0.4) is 0 Å². The molecule has 3 rings (SSSR count). The maximum atomic E-state index is 12.4. The van der Waals surface area contributed by atoms with Crippen LogP contribution in [0.15, 0.2) is 66.7 Å². The largest absolute Gasteiger partial charge is 0.454 e. The van der Waals surface area contributed by atoms with E-state index in [1.165, 1.54) is 6.92 Å². The Hall–Kier alpha value is -3.14. The zero-order valence-electron chi connectivity index (χ0n) is 14.1. The summed E-state index contributed by atoms with van der Waals surface area (Å²) in [5.74, 6) is -0.259. The summed E-state index contributed by atoms with van der Waals surface area (Å²) in [5, 5.41) is 1.75. The number of rotatable bonds is 4. The van der Waals surface area contributed by atoms with E-state index in [1.54, 1.807) is 24.3 Å². The number of fused-ring (bicyclic) bond motifs is 1. The van der Waals surface area contributed by atoms with Gasteiger partial charge in [-0.05, 0) is 47.5 Å². The van der Waals surface area contributed by atoms with Gasteiger partial charge in [0.05, 0.1) is 5.56 Å². The van der Waals surface area contributed by atoms with Gasteiger partial charge in [-0.25, -0.2) is 4.79 Å². The van der Waals surface area contributed by atoms with E-state index >= 15 is 0 Å². The summed E-state index contributed by atoms with van der Waals surface area (Å²) < 4.78 is 10.6. The van der Waals surface area contributed by atoms with Crippen molar-refractivity contribution in [1.29, 1.82) is 0 Å². The SMILES string of the molecule is CC(=O)Oc1ccc2cc(C(=O)O[C@H](C)c3ccccc3)ccc2c1. The van der Waals surface area contributed by atoms with Crippen molar-refractivity contribution in [3.8, 4) is 5.75 Å². The van der Waals surface area contributed by atoms with E-state index in [0.29, 0.717) is 11.3 Å². The van der Waals surface area contributed by atoms with Gasteiger partial charge in [0.1, 0.15) is 11.9 Å². The van der Waals surface area contributed by atoms with E-state index in [0.717, 1.165) is 16.3 Å². The zero-order chi connectivity index (χ0) is 17.8. The Labute approximate surface area is 146 Å². The molecule has 0 unspecified atom stereocenters. The predicted octanol–water partition coefficient (Wildman–Crippen LogP) is 4.68. The zero-order valence-corrected chi connectivity index (χ0v) is 14.1. The minimum Gasteiger partial charge on any atom is -0.454 e. The van der Waals surface area contributed by atoms with E-state index in [-0.39, 0.29) is 18.0 Å². The number of ether oxygens (including phenoxy) is 2. The van der Waals surface area contributed by atoms with Crippen molar-refractivity contribution in [2.75, 3.05) is 0 Å². The van der Waals surface area contributed by atoms with Crippen LogP contribution in [0.25, 0.3) is 10.8 Å². The fourth-order valence-electron chi connectivity index (χ4n) is 2.60. The second-order valence-corrected chi connectivity index (χ2v) is 5.78. The van der Waals surface area contributed by atoms with Crippen LogP contribution in [0.2, 0.25) is 0 Å². The van der Waals surface area contributed by atoms with Crippen molar-refractivity contribution >= 4 is 22.7 Å². The molecule has 3 aromatic rings. The fourth-order valence-corrected chi connectivity index (χ4v) is 2.60. The first kappa shape index (κ1) is 16.7. The Bertz CT molecular complexity index is 916. The van der Waals surface area contributed by atoms with Gasteiger partial charge in [-0.3, -0.25) is 4.79 Å². The second kappa shape index (κ2) is 7.18. The molecule has 0 saturated heterocycles. The van der Waals surface area contributed by atoms with Gasteiger partial charge in [0.15, 0.2) is 0 Å². The molecule has 0 aliphatic carbocycles. The van der Waals surface area contributed by atoms with Crippen molar-refractivity contribution < 1.29 is 19.1 Å². The summed E-state index contributed by atoms with van der Waals surface area (Å²) in [6.07, 6.45) is -0.323. The average Bonchev–Trinajstić information content (AvgIpc) is 2.61. The monoisotopic (exact) mass is 334 g/mol. The van der Waals surface area contributed by atoms with Gasteiger partial charge in [-0.1, -0.05) is 42.5 Å². The minimum atomic E-state index is -0.373. The van der Waals surface area contributed by atoms with Crippen LogP contribution >= 0.6 is 0 Å². The van der Waals surface area contributed by atoms with Gasteiger partial charge in [0.2, 0.25) is 0 Å². The number of esters is 2. The Morgan fingerprint density at radius 2 is 1.56 bits per heavy atom. The van der Waals surface area contributed by atoms with Gasteiger partial charge < -0.3 is 9.47 Å². The summed E-state index contributed by atoms with van der Waals surface area (Å²) in [5.41, 5.74) is 1.43. The lowest BCUT2D eigenvalue weighted by Crippen LogP contribution is -2.09. The van der Waals surface area contributed by atoms with Gasteiger partial charge in [0.25, 0.3) is 0 Å². The van der Waals surface area contributed by atoms with Crippen LogP contribution < -0.4 is 4.74 Å². The van der Waals surface area contributed by atoms with E-state index in [1.807, 2.05) is 49.4 Å². The highest BCUT2D eigenvalue weighted by molar-refractivity contribution is 5.96. The molecule has 4 heteroatoms. The van der Waals surface area contributed by atoms with Crippen molar-refractivity contribution in [3.05, 3.63) is 77.9 Å². The number of carbonyl (C=O) groups excluding carboxylic acids is 2. The van der Waals surface area contributed by atoms with E-state index in [2.05, 4.69) is 0 Å². The number of benzene rings is 3. The van der Waals surface area contributed by atoms with Gasteiger partial charge in [0, 0.05) is 6.92 Å². The van der Waals surface area contributed by atoms with Crippen LogP contribution in [0, 0.1) is 0 Å². The fraction of sp³-hybridized carbons (Fsp3) is 0.143. The standard InChI is InChI=1S/C21H18O4/c1-14(16-6-4-3-5-7-16)24-21(23)19-9-8-18-13-20(25-15(2)22)11-10-17(18)12-19/h3-14H,1-2H3/t14-/m1/s1. The second-order valence-electron chi connectivity index (χ2n) is 5.78. The van der Waals surface area contributed by atoms with Crippen LogP contribution in [0.4, 0.5) is 0 Å². The summed E-state index contributed by atoms with van der Waals surface area (Å²) in [4.78, 5) is 23.4. The number of carbonyl (C=O) groups is 2. The summed E-state index contributed by atoms with van der Waals surface area (Å²) in [7, 11) is 0. The molecule has 0 heterocycles. The molecule has 0 radical (unpaired) electrons. The summed E-state index contributed by atoms with van der Waals surface area (Å²) in [6.45, 7) is 3.21. The van der Waals surface area contributed by atoms with Crippen LogP contribution in [0.5, 0.6) is 5.75 Å². The first-order valence-corrected chi connectivity index (χ1v) is 8.01. The third-order valence-corrected chi connectivity index (χ3v) is 3.86. The molecule has 0 N–H and O–H groups in total. The molecule has 126 valence electrons. The maximum absolute atomic E-state index is 12.4. The van der Waals surface area contributed by atoms with E-state index < -0.39 is 0 Å². The molecule has 4 nitrogen and oxygen atoms in total. The number of hydrogen-bond donors (Lipinski definition) is 0. The van der Waals surface area contributed by atoms with Crippen LogP contribution in [0.1, 0.15) is 35.9 Å². The molecule has 0 bridgehead atoms. The van der Waals surface area contributed by atoms with Crippen molar-refractivity contribution in [1.82, 2.24) is 0 Å². The molecular weight excluding hydrogens is 316 g/mol. The summed E-state index contributed by atoms with van der Waals surface area (Å²) in [6, 6.07) is 20.2. The molecule has 1 atom stereocenters. The van der Waals surface area contributed by atoms with Crippen LogP contribution in [-0.2, 0) is 9.53 Å². The lowest BCUT2D eigenvalue weighted by Gasteiger charge is -2.14. The average molecular weight is 334 g/mol. The Kier molecular flexibility index (Phi) is 4.80. The van der Waals surface area contributed by atoms with Gasteiger partial charge in [-0.2, -0.15) is 0 Å². The first-order valence-electron chi connectivity index (χ1n) is 8.01. The molecule has 0 amide bonds. The van der Waals surface area contributed by atoms with Gasteiger partial charge in [-0.15, -0.1) is 0 Å². The molecule has 3 aromatic carbocycles. The van der Waals surface area contributed by atoms with E-state index in [9.17, 15) is 9.59 Å². The molecular formula is C21H18O4. The Morgan fingerprint density at radius 1 is 0.880 bits per heavy atom. The van der Waals surface area contributed by atoms with Gasteiger partial charge >= 0.3 is 11.9 Å². The topological polar surface area (TPSA) is 52.6 Å². The first-order chi connectivity index (χ1) is 12.0.